The highest BCUT2D eigenvalue weighted by atomic mass is 32.1. The van der Waals surface area contributed by atoms with Crippen LogP contribution < -0.4 is 5.32 Å². The van der Waals surface area contributed by atoms with Crippen LogP contribution in [0.15, 0.2) is 15.3 Å². The molecule has 1 unspecified atom stereocenters. The Labute approximate surface area is 102 Å². The Kier molecular flexibility index (Phi) is 3.02. The van der Waals surface area contributed by atoms with Gasteiger partial charge in [0.1, 0.15) is 6.10 Å². The number of ether oxygens (including phenoxy) is 1. The molecule has 1 saturated heterocycles. The molecule has 7 heteroatoms. The van der Waals surface area contributed by atoms with Gasteiger partial charge in [0.25, 0.3) is 0 Å². The monoisotopic (exact) mass is 252 g/mol. The van der Waals surface area contributed by atoms with Crippen molar-refractivity contribution < 1.29 is 9.15 Å². The number of anilines is 1. The molecule has 0 aromatic carbocycles. The Hall–Kier alpha value is -1.47. The van der Waals surface area contributed by atoms with Crippen LogP contribution in [0, 0.1) is 0 Å². The minimum atomic E-state index is -0.0303. The molecule has 1 aliphatic heterocycles. The van der Waals surface area contributed by atoms with Crippen LogP contribution in [-0.2, 0) is 11.3 Å². The van der Waals surface area contributed by atoms with E-state index in [-0.39, 0.29) is 6.10 Å². The number of thiazole rings is 1. The van der Waals surface area contributed by atoms with Crippen LogP contribution in [0.2, 0.25) is 0 Å². The fourth-order valence-corrected chi connectivity index (χ4v) is 2.26. The third-order valence-electron chi connectivity index (χ3n) is 2.55. The molecule has 1 fully saturated rings. The summed E-state index contributed by atoms with van der Waals surface area (Å²) in [6, 6.07) is 0.420. The number of nitrogens with one attached hydrogen (secondary N) is 1. The highest BCUT2D eigenvalue weighted by molar-refractivity contribution is 7.07. The van der Waals surface area contributed by atoms with Crippen LogP contribution >= 0.6 is 11.3 Å². The lowest BCUT2D eigenvalue weighted by Crippen LogP contribution is -1.99. The van der Waals surface area contributed by atoms with Crippen LogP contribution in [0.25, 0.3) is 0 Å². The molecule has 2 aromatic rings. The molecule has 1 aliphatic rings. The van der Waals surface area contributed by atoms with Gasteiger partial charge in [0.05, 0.1) is 17.7 Å². The lowest BCUT2D eigenvalue weighted by molar-refractivity contribution is 0.0897. The summed E-state index contributed by atoms with van der Waals surface area (Å²) >= 11 is 1.56. The Bertz CT molecular complexity index is 464. The maximum atomic E-state index is 5.48. The Morgan fingerprint density at radius 2 is 2.47 bits per heavy atom. The van der Waals surface area contributed by atoms with Gasteiger partial charge in [0.15, 0.2) is 0 Å². The van der Waals surface area contributed by atoms with E-state index in [0.717, 1.165) is 25.1 Å². The van der Waals surface area contributed by atoms with E-state index in [4.69, 9.17) is 9.15 Å². The van der Waals surface area contributed by atoms with Crippen LogP contribution in [0.1, 0.15) is 30.5 Å². The molecule has 1 N–H and O–H groups in total. The molecule has 0 spiro atoms. The van der Waals surface area contributed by atoms with Crippen molar-refractivity contribution in [3.63, 3.8) is 0 Å². The predicted molar refractivity (Wildman–Crippen MR) is 61.7 cm³/mol. The SMILES string of the molecule is c1nc(CNc2nnc(C3CCCO3)o2)cs1. The largest absolute Gasteiger partial charge is 0.405 e. The minimum Gasteiger partial charge on any atom is -0.405 e. The smallest absolute Gasteiger partial charge is 0.315 e. The average Bonchev–Trinajstić information content (AvgIpc) is 3.09. The predicted octanol–water partition coefficient (Wildman–Crippen LogP) is 1.99. The lowest BCUT2D eigenvalue weighted by Gasteiger charge is -2.01. The van der Waals surface area contributed by atoms with E-state index in [1.54, 1.807) is 16.8 Å². The number of nitrogens with zero attached hydrogens (tertiary/aromatic N) is 3. The minimum absolute atomic E-state index is 0.0303. The Balaban J connectivity index is 1.60. The van der Waals surface area contributed by atoms with Gasteiger partial charge in [-0.2, -0.15) is 0 Å². The summed E-state index contributed by atoms with van der Waals surface area (Å²) in [5, 5.41) is 12.9. The van der Waals surface area contributed by atoms with E-state index < -0.39 is 0 Å². The zero-order valence-electron chi connectivity index (χ0n) is 9.13. The molecular formula is C10H12N4O2S. The third-order valence-corrected chi connectivity index (χ3v) is 3.19. The van der Waals surface area contributed by atoms with Gasteiger partial charge in [-0.15, -0.1) is 16.4 Å². The van der Waals surface area contributed by atoms with E-state index in [1.165, 1.54) is 0 Å². The van der Waals surface area contributed by atoms with E-state index in [1.807, 2.05) is 5.38 Å². The normalized spacial score (nSPS) is 19.6. The first-order valence-corrected chi connectivity index (χ1v) is 6.42. The first-order chi connectivity index (χ1) is 8.42. The summed E-state index contributed by atoms with van der Waals surface area (Å²) < 4.78 is 11.0. The van der Waals surface area contributed by atoms with Gasteiger partial charge in [0.2, 0.25) is 5.89 Å². The third kappa shape index (κ3) is 2.45. The van der Waals surface area contributed by atoms with E-state index in [2.05, 4.69) is 20.5 Å². The van der Waals surface area contributed by atoms with Gasteiger partial charge in [0, 0.05) is 12.0 Å². The van der Waals surface area contributed by atoms with Gasteiger partial charge in [-0.25, -0.2) is 4.98 Å². The van der Waals surface area contributed by atoms with Crippen molar-refractivity contribution in [1.82, 2.24) is 15.2 Å². The molecule has 2 aromatic heterocycles. The highest BCUT2D eigenvalue weighted by Crippen LogP contribution is 2.28. The second-order valence-electron chi connectivity index (χ2n) is 3.78. The molecule has 3 heterocycles. The van der Waals surface area contributed by atoms with Crippen LogP contribution in [0.4, 0.5) is 6.01 Å². The fourth-order valence-electron chi connectivity index (χ4n) is 1.70. The molecule has 17 heavy (non-hydrogen) atoms. The van der Waals surface area contributed by atoms with Crippen LogP contribution in [-0.4, -0.2) is 21.8 Å². The second-order valence-corrected chi connectivity index (χ2v) is 4.50. The molecular weight excluding hydrogens is 240 g/mol. The number of rotatable bonds is 4. The van der Waals surface area contributed by atoms with Crippen LogP contribution in [0.3, 0.4) is 0 Å². The van der Waals surface area contributed by atoms with E-state index in [9.17, 15) is 0 Å². The average molecular weight is 252 g/mol. The molecule has 0 bridgehead atoms. The standard InChI is InChI=1S/C10H12N4O2S/c1-2-8(15-3-1)9-13-14-10(16-9)11-4-7-5-17-6-12-7/h5-6,8H,1-4H2,(H,11,14). The molecule has 90 valence electrons. The Morgan fingerprint density at radius 3 is 3.24 bits per heavy atom. The van der Waals surface area contributed by atoms with Gasteiger partial charge in [-0.05, 0) is 12.8 Å². The van der Waals surface area contributed by atoms with Crippen molar-refractivity contribution >= 4 is 17.4 Å². The van der Waals surface area contributed by atoms with Crippen molar-refractivity contribution in [2.24, 2.45) is 0 Å². The topological polar surface area (TPSA) is 73.1 Å². The molecule has 0 saturated carbocycles. The molecule has 1 atom stereocenters. The zero-order chi connectivity index (χ0) is 11.5. The van der Waals surface area contributed by atoms with Gasteiger partial charge < -0.3 is 14.5 Å². The summed E-state index contributed by atoms with van der Waals surface area (Å²) in [6.45, 7) is 1.37. The summed E-state index contributed by atoms with van der Waals surface area (Å²) in [5.74, 6) is 0.559. The molecule has 6 nitrogen and oxygen atoms in total. The number of hydrogen-bond acceptors (Lipinski definition) is 7. The summed E-state index contributed by atoms with van der Waals surface area (Å²) in [6.07, 6.45) is 1.97. The fraction of sp³-hybridized carbons (Fsp3) is 0.500. The van der Waals surface area contributed by atoms with E-state index in [0.29, 0.717) is 18.5 Å². The molecule has 0 aliphatic carbocycles. The maximum absolute atomic E-state index is 5.48. The number of aromatic nitrogens is 3. The first kappa shape index (κ1) is 10.7. The Morgan fingerprint density at radius 1 is 1.47 bits per heavy atom. The van der Waals surface area contributed by atoms with Crippen molar-refractivity contribution in [3.8, 4) is 0 Å². The van der Waals surface area contributed by atoms with Crippen molar-refractivity contribution in [3.05, 3.63) is 22.5 Å². The van der Waals surface area contributed by atoms with Crippen molar-refractivity contribution in [2.75, 3.05) is 11.9 Å². The first-order valence-electron chi connectivity index (χ1n) is 5.48. The second kappa shape index (κ2) is 4.80. The molecule has 0 radical (unpaired) electrons. The maximum Gasteiger partial charge on any atom is 0.315 e. The molecule has 3 rings (SSSR count). The number of hydrogen-bond donors (Lipinski definition) is 1. The van der Waals surface area contributed by atoms with Gasteiger partial charge in [-0.1, -0.05) is 5.10 Å². The van der Waals surface area contributed by atoms with E-state index >= 15 is 0 Å². The zero-order valence-corrected chi connectivity index (χ0v) is 9.94. The summed E-state index contributed by atoms with van der Waals surface area (Å²) in [5.41, 5.74) is 2.76. The van der Waals surface area contributed by atoms with Crippen molar-refractivity contribution in [1.29, 1.82) is 0 Å². The van der Waals surface area contributed by atoms with Gasteiger partial charge >= 0.3 is 6.01 Å². The summed E-state index contributed by atoms with van der Waals surface area (Å²) in [4.78, 5) is 4.16. The lowest BCUT2D eigenvalue weighted by atomic mass is 10.2. The van der Waals surface area contributed by atoms with Crippen molar-refractivity contribution in [2.45, 2.75) is 25.5 Å². The van der Waals surface area contributed by atoms with Crippen LogP contribution in [0.5, 0.6) is 0 Å². The van der Waals surface area contributed by atoms with Gasteiger partial charge in [-0.3, -0.25) is 0 Å². The highest BCUT2D eigenvalue weighted by Gasteiger charge is 2.23. The summed E-state index contributed by atoms with van der Waals surface area (Å²) in [7, 11) is 0. The quantitative estimate of drug-likeness (QED) is 0.897. The molecule has 0 amide bonds.